The summed E-state index contributed by atoms with van der Waals surface area (Å²) >= 11 is 3.08. The number of hydrogen-bond acceptors (Lipinski definition) is 5. The van der Waals surface area contributed by atoms with Crippen LogP contribution in [0.5, 0.6) is 5.75 Å². The Morgan fingerprint density at radius 1 is 1.26 bits per heavy atom. The van der Waals surface area contributed by atoms with Crippen LogP contribution in [0.3, 0.4) is 0 Å². The number of para-hydroxylation sites is 1. The number of thiazole rings is 1. The molecule has 0 aliphatic heterocycles. The van der Waals surface area contributed by atoms with Crippen molar-refractivity contribution in [1.82, 2.24) is 4.98 Å². The van der Waals surface area contributed by atoms with Crippen LogP contribution in [0.15, 0.2) is 52.9 Å². The van der Waals surface area contributed by atoms with E-state index in [4.69, 9.17) is 4.74 Å². The van der Waals surface area contributed by atoms with Gasteiger partial charge in [0.2, 0.25) is 5.91 Å². The first kappa shape index (κ1) is 15.8. The lowest BCUT2D eigenvalue weighted by Gasteiger charge is -2.11. The van der Waals surface area contributed by atoms with Crippen molar-refractivity contribution >= 4 is 44.9 Å². The number of aromatic nitrogens is 1. The van der Waals surface area contributed by atoms with Crippen molar-refractivity contribution in [2.75, 3.05) is 12.4 Å². The first-order chi connectivity index (χ1) is 11.2. The average molecular weight is 344 g/mol. The molecule has 23 heavy (non-hydrogen) atoms. The van der Waals surface area contributed by atoms with Gasteiger partial charge in [-0.3, -0.25) is 4.79 Å². The molecule has 0 fully saturated rings. The number of methoxy groups -OCH3 is 1. The molecule has 1 amide bonds. The molecule has 4 nitrogen and oxygen atoms in total. The summed E-state index contributed by atoms with van der Waals surface area (Å²) in [4.78, 5) is 16.9. The highest BCUT2D eigenvalue weighted by atomic mass is 32.2. The molecule has 118 valence electrons. The maximum Gasteiger partial charge on any atom is 0.237 e. The Bertz CT molecular complexity index is 799. The minimum atomic E-state index is -0.234. The van der Waals surface area contributed by atoms with Gasteiger partial charge in [0.15, 0.2) is 4.34 Å². The van der Waals surface area contributed by atoms with E-state index in [1.807, 2.05) is 49.4 Å². The molecule has 1 heterocycles. The fourth-order valence-corrected chi connectivity index (χ4v) is 4.26. The van der Waals surface area contributed by atoms with Crippen molar-refractivity contribution in [2.45, 2.75) is 16.5 Å². The highest BCUT2D eigenvalue weighted by Gasteiger charge is 2.17. The van der Waals surface area contributed by atoms with Crippen molar-refractivity contribution in [1.29, 1.82) is 0 Å². The highest BCUT2D eigenvalue weighted by molar-refractivity contribution is 8.02. The van der Waals surface area contributed by atoms with E-state index >= 15 is 0 Å². The number of carbonyl (C=O) groups excluding carboxylic acids is 1. The summed E-state index contributed by atoms with van der Waals surface area (Å²) in [6.45, 7) is 1.88. The lowest BCUT2D eigenvalue weighted by molar-refractivity contribution is -0.115. The second-order valence-corrected chi connectivity index (χ2v) is 7.55. The molecular formula is C17H16N2O2S2. The topological polar surface area (TPSA) is 51.2 Å². The second kappa shape index (κ2) is 7.02. The van der Waals surface area contributed by atoms with E-state index in [1.54, 1.807) is 24.5 Å². The van der Waals surface area contributed by atoms with Crippen LogP contribution >= 0.6 is 23.1 Å². The van der Waals surface area contributed by atoms with E-state index in [9.17, 15) is 4.79 Å². The van der Waals surface area contributed by atoms with Gasteiger partial charge in [-0.15, -0.1) is 11.3 Å². The van der Waals surface area contributed by atoms with Crippen LogP contribution in [0.1, 0.15) is 6.92 Å². The quantitative estimate of drug-likeness (QED) is 0.696. The Hall–Kier alpha value is -2.05. The Kier molecular flexibility index (Phi) is 4.83. The summed E-state index contributed by atoms with van der Waals surface area (Å²) in [6, 6.07) is 15.3. The number of fused-ring (bicyclic) bond motifs is 1. The monoisotopic (exact) mass is 344 g/mol. The molecule has 0 aliphatic rings. The van der Waals surface area contributed by atoms with Crippen molar-refractivity contribution in [3.63, 3.8) is 0 Å². The molecule has 2 aromatic carbocycles. The molecule has 0 bridgehead atoms. The Morgan fingerprint density at radius 2 is 2.09 bits per heavy atom. The number of nitrogens with one attached hydrogen (secondary N) is 1. The summed E-state index contributed by atoms with van der Waals surface area (Å²) in [5, 5.41) is 2.67. The van der Waals surface area contributed by atoms with Gasteiger partial charge in [0.25, 0.3) is 0 Å². The lowest BCUT2D eigenvalue weighted by Crippen LogP contribution is -2.22. The predicted molar refractivity (Wildman–Crippen MR) is 96.6 cm³/mol. The van der Waals surface area contributed by atoms with Crippen LogP contribution < -0.4 is 10.1 Å². The zero-order valence-electron chi connectivity index (χ0n) is 12.8. The zero-order chi connectivity index (χ0) is 16.2. The number of nitrogens with zero attached hydrogens (tertiary/aromatic N) is 1. The molecule has 1 atom stereocenters. The van der Waals surface area contributed by atoms with Crippen LogP contribution in [0, 0.1) is 0 Å². The van der Waals surface area contributed by atoms with Crippen molar-refractivity contribution < 1.29 is 9.53 Å². The van der Waals surface area contributed by atoms with Gasteiger partial charge in [-0.05, 0) is 31.2 Å². The molecule has 3 rings (SSSR count). The molecule has 1 aromatic heterocycles. The molecule has 3 aromatic rings. The Labute approximate surface area is 142 Å². The van der Waals surface area contributed by atoms with Gasteiger partial charge >= 0.3 is 0 Å². The largest absolute Gasteiger partial charge is 0.497 e. The van der Waals surface area contributed by atoms with E-state index < -0.39 is 0 Å². The standard InChI is InChI=1S/C17H16N2O2S2/c1-11(16(20)18-12-6-5-7-13(10-12)21-2)22-17-19-14-8-3-4-9-15(14)23-17/h3-11H,1-2H3,(H,18,20)/t11-/m1/s1. The number of rotatable bonds is 5. The normalized spacial score (nSPS) is 12.1. The summed E-state index contributed by atoms with van der Waals surface area (Å²) in [5.74, 6) is 0.664. The number of thioether (sulfide) groups is 1. The Balaban J connectivity index is 1.67. The SMILES string of the molecule is COc1cccc(NC(=O)[C@@H](C)Sc2nc3ccccc3s2)c1. The van der Waals surface area contributed by atoms with Crippen LogP contribution in [0.25, 0.3) is 10.2 Å². The first-order valence-corrected chi connectivity index (χ1v) is 8.82. The van der Waals surface area contributed by atoms with Crippen LogP contribution in [-0.2, 0) is 4.79 Å². The number of benzene rings is 2. The van der Waals surface area contributed by atoms with Gasteiger partial charge in [0.1, 0.15) is 5.75 Å². The maximum atomic E-state index is 12.3. The smallest absolute Gasteiger partial charge is 0.237 e. The molecule has 0 spiro atoms. The molecule has 0 saturated carbocycles. The molecule has 6 heteroatoms. The van der Waals surface area contributed by atoms with E-state index in [1.165, 1.54) is 11.8 Å². The van der Waals surface area contributed by atoms with Gasteiger partial charge in [-0.25, -0.2) is 4.98 Å². The zero-order valence-corrected chi connectivity index (χ0v) is 14.4. The average Bonchev–Trinajstić information content (AvgIpc) is 2.97. The molecule has 0 unspecified atom stereocenters. The van der Waals surface area contributed by atoms with Gasteiger partial charge in [0.05, 0.1) is 22.6 Å². The minimum absolute atomic E-state index is 0.0532. The van der Waals surface area contributed by atoms with E-state index in [0.717, 1.165) is 20.2 Å². The van der Waals surface area contributed by atoms with Gasteiger partial charge in [-0.1, -0.05) is 30.0 Å². The van der Waals surface area contributed by atoms with Gasteiger partial charge in [0, 0.05) is 11.8 Å². The number of carbonyl (C=O) groups is 1. The van der Waals surface area contributed by atoms with E-state index in [2.05, 4.69) is 10.3 Å². The molecule has 1 N–H and O–H groups in total. The fourth-order valence-electron chi connectivity index (χ4n) is 2.05. The molecule has 0 aliphatic carbocycles. The summed E-state index contributed by atoms with van der Waals surface area (Å²) in [5.41, 5.74) is 1.70. The molecular weight excluding hydrogens is 328 g/mol. The maximum absolute atomic E-state index is 12.3. The third-order valence-corrected chi connectivity index (χ3v) is 5.49. The van der Waals surface area contributed by atoms with Crippen LogP contribution in [-0.4, -0.2) is 23.3 Å². The fraction of sp³-hybridized carbons (Fsp3) is 0.176. The summed E-state index contributed by atoms with van der Waals surface area (Å²) in [6.07, 6.45) is 0. The summed E-state index contributed by atoms with van der Waals surface area (Å²) < 4.78 is 7.20. The summed E-state index contributed by atoms with van der Waals surface area (Å²) in [7, 11) is 1.60. The number of ether oxygens (including phenoxy) is 1. The van der Waals surface area contributed by atoms with E-state index in [0.29, 0.717) is 5.75 Å². The predicted octanol–water partition coefficient (Wildman–Crippen LogP) is 4.42. The van der Waals surface area contributed by atoms with Crippen LogP contribution in [0.4, 0.5) is 5.69 Å². The lowest BCUT2D eigenvalue weighted by atomic mass is 10.3. The van der Waals surface area contributed by atoms with Crippen molar-refractivity contribution in [2.24, 2.45) is 0 Å². The van der Waals surface area contributed by atoms with Crippen LogP contribution in [0.2, 0.25) is 0 Å². The number of anilines is 1. The van der Waals surface area contributed by atoms with Crippen molar-refractivity contribution in [3.8, 4) is 5.75 Å². The minimum Gasteiger partial charge on any atom is -0.497 e. The van der Waals surface area contributed by atoms with Crippen molar-refractivity contribution in [3.05, 3.63) is 48.5 Å². The molecule has 0 radical (unpaired) electrons. The third kappa shape index (κ3) is 3.83. The van der Waals surface area contributed by atoms with Gasteiger partial charge < -0.3 is 10.1 Å². The highest BCUT2D eigenvalue weighted by Crippen LogP contribution is 2.32. The molecule has 0 saturated heterocycles. The number of amides is 1. The number of hydrogen-bond donors (Lipinski definition) is 1. The Morgan fingerprint density at radius 3 is 2.87 bits per heavy atom. The van der Waals surface area contributed by atoms with E-state index in [-0.39, 0.29) is 11.2 Å². The second-order valence-electron chi connectivity index (χ2n) is 4.93. The van der Waals surface area contributed by atoms with Gasteiger partial charge in [-0.2, -0.15) is 0 Å². The third-order valence-electron chi connectivity index (χ3n) is 3.26. The first-order valence-electron chi connectivity index (χ1n) is 7.13.